The number of carbonyl (C=O) groups is 2. The van der Waals surface area contributed by atoms with E-state index >= 15 is 0 Å². The minimum atomic E-state index is -0.863. The summed E-state index contributed by atoms with van der Waals surface area (Å²) in [5.41, 5.74) is 0. The van der Waals surface area contributed by atoms with Crippen LogP contribution in [0.2, 0.25) is 0 Å². The zero-order valence-electron chi connectivity index (χ0n) is 38.5. The molecule has 1 amide bonds. The first-order valence-corrected chi connectivity index (χ1v) is 25.3. The fraction of sp³-hybridized carbons (Fsp3) is 0.846. The number of amides is 1. The Labute approximate surface area is 360 Å². The van der Waals surface area contributed by atoms with Crippen LogP contribution in [-0.2, 0) is 14.3 Å². The van der Waals surface area contributed by atoms with Crippen LogP contribution in [0.5, 0.6) is 0 Å². The third-order valence-corrected chi connectivity index (χ3v) is 11.4. The number of hydrogen-bond donors (Lipinski definition) is 3. The molecule has 0 aromatic heterocycles. The number of aliphatic hydroxyl groups is 2. The number of rotatable bonds is 46. The highest BCUT2D eigenvalue weighted by Gasteiger charge is 2.18. The molecule has 2 atom stereocenters. The summed E-state index contributed by atoms with van der Waals surface area (Å²) >= 11 is 0. The lowest BCUT2D eigenvalue weighted by Gasteiger charge is -2.20. The number of esters is 1. The summed E-state index contributed by atoms with van der Waals surface area (Å²) in [6.07, 6.45) is 57.1. The SMILES string of the molecule is CCCCCC/C=C\CCCCCCCC(=O)OCCCC/C=C\CCCCCCCC(=O)NC(CO)C(O)/C=C/CCCCCCCCCCCCCCCCC. The van der Waals surface area contributed by atoms with Crippen molar-refractivity contribution in [2.24, 2.45) is 0 Å². The molecule has 0 aliphatic carbocycles. The van der Waals surface area contributed by atoms with Gasteiger partial charge in [0.05, 0.1) is 25.4 Å². The van der Waals surface area contributed by atoms with Gasteiger partial charge in [-0.15, -0.1) is 0 Å². The van der Waals surface area contributed by atoms with E-state index in [0.717, 1.165) is 83.5 Å². The molecule has 6 nitrogen and oxygen atoms in total. The number of nitrogens with one attached hydrogen (secondary N) is 1. The molecule has 0 fully saturated rings. The molecule has 0 rings (SSSR count). The highest BCUT2D eigenvalue weighted by Crippen LogP contribution is 2.15. The molecule has 0 heterocycles. The van der Waals surface area contributed by atoms with E-state index in [1.165, 1.54) is 148 Å². The van der Waals surface area contributed by atoms with Crippen molar-refractivity contribution in [2.45, 2.75) is 270 Å². The summed E-state index contributed by atoms with van der Waals surface area (Å²) in [4.78, 5) is 24.4. The topological polar surface area (TPSA) is 95.9 Å². The van der Waals surface area contributed by atoms with Crippen molar-refractivity contribution in [3.63, 3.8) is 0 Å². The van der Waals surface area contributed by atoms with Crippen molar-refractivity contribution in [1.29, 1.82) is 0 Å². The first-order chi connectivity index (χ1) is 28.5. The Kier molecular flexibility index (Phi) is 46.2. The summed E-state index contributed by atoms with van der Waals surface area (Å²) in [6.45, 7) is 4.80. The van der Waals surface area contributed by atoms with Crippen LogP contribution in [-0.4, -0.2) is 47.4 Å². The fourth-order valence-corrected chi connectivity index (χ4v) is 7.44. The van der Waals surface area contributed by atoms with Crippen molar-refractivity contribution < 1.29 is 24.5 Å². The van der Waals surface area contributed by atoms with Crippen molar-refractivity contribution in [1.82, 2.24) is 5.32 Å². The number of ether oxygens (including phenoxy) is 1. The number of aliphatic hydroxyl groups excluding tert-OH is 2. The molecule has 0 aliphatic heterocycles. The quantitative estimate of drug-likeness (QED) is 0.0323. The third kappa shape index (κ3) is 43.7. The number of carbonyl (C=O) groups excluding carboxylic acids is 2. The Morgan fingerprint density at radius 1 is 0.466 bits per heavy atom. The normalized spacial score (nSPS) is 13.0. The molecule has 0 saturated heterocycles. The molecule has 0 aromatic carbocycles. The molecular formula is C52H97NO5. The summed E-state index contributed by atoms with van der Waals surface area (Å²) in [7, 11) is 0. The number of allylic oxidation sites excluding steroid dienone is 5. The standard InChI is InChI=1S/C52H97NO5/c1-3-5-7-9-11-13-15-17-18-19-20-22-24-28-32-36-40-44-50(55)49(48-54)53-51(56)45-41-37-33-29-25-23-27-31-35-39-43-47-58-52(57)46-42-38-34-30-26-21-16-14-12-10-8-6-4-2/h14,16,27,31,40,44,49-50,54-55H,3-13,15,17-26,28-30,32-39,41-43,45-48H2,1-2H3,(H,53,56)/b16-14-,31-27-,44-40+. The molecule has 6 heteroatoms. The van der Waals surface area contributed by atoms with E-state index in [1.807, 2.05) is 6.08 Å². The van der Waals surface area contributed by atoms with Crippen LogP contribution in [0.1, 0.15) is 258 Å². The lowest BCUT2D eigenvalue weighted by molar-refractivity contribution is -0.143. The van der Waals surface area contributed by atoms with Gasteiger partial charge in [-0.3, -0.25) is 9.59 Å². The van der Waals surface area contributed by atoms with E-state index in [-0.39, 0.29) is 18.5 Å². The summed E-state index contributed by atoms with van der Waals surface area (Å²) < 4.78 is 5.42. The van der Waals surface area contributed by atoms with Gasteiger partial charge in [-0.25, -0.2) is 0 Å². The zero-order valence-corrected chi connectivity index (χ0v) is 38.5. The molecule has 58 heavy (non-hydrogen) atoms. The maximum Gasteiger partial charge on any atom is 0.305 e. The minimum Gasteiger partial charge on any atom is -0.466 e. The molecule has 3 N–H and O–H groups in total. The van der Waals surface area contributed by atoms with Crippen LogP contribution < -0.4 is 5.32 Å². The van der Waals surface area contributed by atoms with E-state index in [0.29, 0.717) is 19.4 Å². The van der Waals surface area contributed by atoms with Crippen molar-refractivity contribution in [3.8, 4) is 0 Å². The third-order valence-electron chi connectivity index (χ3n) is 11.4. The van der Waals surface area contributed by atoms with Crippen LogP contribution >= 0.6 is 0 Å². The maximum absolute atomic E-state index is 12.4. The Hall–Kier alpha value is -1.92. The van der Waals surface area contributed by atoms with Gasteiger partial charge in [0.25, 0.3) is 0 Å². The molecule has 340 valence electrons. The molecule has 0 spiro atoms. The predicted octanol–water partition coefficient (Wildman–Crippen LogP) is 14.9. The van der Waals surface area contributed by atoms with E-state index in [2.05, 4.69) is 43.5 Å². The van der Waals surface area contributed by atoms with Crippen LogP contribution in [0.3, 0.4) is 0 Å². The molecule has 2 unspecified atom stereocenters. The second kappa shape index (κ2) is 47.8. The van der Waals surface area contributed by atoms with Gasteiger partial charge in [0, 0.05) is 12.8 Å². The van der Waals surface area contributed by atoms with Gasteiger partial charge in [0.1, 0.15) is 0 Å². The smallest absolute Gasteiger partial charge is 0.305 e. The Balaban J connectivity index is 3.58. The van der Waals surface area contributed by atoms with Crippen molar-refractivity contribution in [2.75, 3.05) is 13.2 Å². The average molecular weight is 816 g/mol. The number of hydrogen-bond acceptors (Lipinski definition) is 5. The lowest BCUT2D eigenvalue weighted by Crippen LogP contribution is -2.45. The van der Waals surface area contributed by atoms with Crippen LogP contribution in [0.25, 0.3) is 0 Å². The molecule has 0 radical (unpaired) electrons. The predicted molar refractivity (Wildman–Crippen MR) is 250 cm³/mol. The molecule has 0 saturated carbocycles. The summed E-state index contributed by atoms with van der Waals surface area (Å²) in [6, 6.07) is -0.649. The molecule has 0 aliphatic rings. The van der Waals surface area contributed by atoms with Gasteiger partial charge in [0.15, 0.2) is 0 Å². The van der Waals surface area contributed by atoms with Gasteiger partial charge in [-0.1, -0.05) is 198 Å². The minimum absolute atomic E-state index is 0.0428. The highest BCUT2D eigenvalue weighted by atomic mass is 16.5. The average Bonchev–Trinajstić information content (AvgIpc) is 3.22. The summed E-state index contributed by atoms with van der Waals surface area (Å²) in [5.74, 6) is -0.140. The zero-order chi connectivity index (χ0) is 42.3. The van der Waals surface area contributed by atoms with Crippen LogP contribution in [0.4, 0.5) is 0 Å². The van der Waals surface area contributed by atoms with E-state index in [4.69, 9.17) is 4.74 Å². The summed E-state index contributed by atoms with van der Waals surface area (Å²) in [5, 5.41) is 23.0. The van der Waals surface area contributed by atoms with Gasteiger partial charge in [-0.2, -0.15) is 0 Å². The van der Waals surface area contributed by atoms with Crippen molar-refractivity contribution in [3.05, 3.63) is 36.5 Å². The van der Waals surface area contributed by atoms with E-state index in [9.17, 15) is 19.8 Å². The van der Waals surface area contributed by atoms with E-state index in [1.54, 1.807) is 6.08 Å². The first-order valence-electron chi connectivity index (χ1n) is 25.3. The number of unbranched alkanes of at least 4 members (excludes halogenated alkanes) is 31. The molecule has 0 aromatic rings. The fourth-order valence-electron chi connectivity index (χ4n) is 7.44. The maximum atomic E-state index is 12.4. The van der Waals surface area contributed by atoms with Crippen molar-refractivity contribution >= 4 is 11.9 Å². The van der Waals surface area contributed by atoms with Gasteiger partial charge >= 0.3 is 5.97 Å². The first kappa shape index (κ1) is 56.1. The van der Waals surface area contributed by atoms with Gasteiger partial charge in [0.2, 0.25) is 5.91 Å². The Morgan fingerprint density at radius 2 is 0.810 bits per heavy atom. The Bertz CT molecular complexity index is 946. The van der Waals surface area contributed by atoms with Crippen LogP contribution in [0, 0.1) is 0 Å². The van der Waals surface area contributed by atoms with E-state index < -0.39 is 12.1 Å². The highest BCUT2D eigenvalue weighted by molar-refractivity contribution is 5.76. The van der Waals surface area contributed by atoms with Crippen LogP contribution in [0.15, 0.2) is 36.5 Å². The second-order valence-corrected chi connectivity index (χ2v) is 17.1. The second-order valence-electron chi connectivity index (χ2n) is 17.1. The molecular weight excluding hydrogens is 719 g/mol. The largest absolute Gasteiger partial charge is 0.466 e. The Morgan fingerprint density at radius 3 is 1.24 bits per heavy atom. The van der Waals surface area contributed by atoms with Gasteiger partial charge < -0.3 is 20.3 Å². The lowest BCUT2D eigenvalue weighted by atomic mass is 10.0. The monoisotopic (exact) mass is 816 g/mol. The molecule has 0 bridgehead atoms. The van der Waals surface area contributed by atoms with Gasteiger partial charge in [-0.05, 0) is 83.5 Å².